The SMILES string of the molecule is CC1(C)C(CNCc2cnc3cnc(Br)cn23)C1(C)C. The Morgan fingerprint density at radius 3 is 2.55 bits per heavy atom. The molecule has 0 atom stereocenters. The highest BCUT2D eigenvalue weighted by atomic mass is 79.9. The third-order valence-corrected chi connectivity index (χ3v) is 5.82. The van der Waals surface area contributed by atoms with Gasteiger partial charge in [0, 0.05) is 12.7 Å². The summed E-state index contributed by atoms with van der Waals surface area (Å²) in [6.45, 7) is 11.3. The van der Waals surface area contributed by atoms with Gasteiger partial charge in [0.25, 0.3) is 0 Å². The van der Waals surface area contributed by atoms with Crippen molar-refractivity contribution >= 4 is 21.6 Å². The quantitative estimate of drug-likeness (QED) is 0.931. The Balaban J connectivity index is 1.65. The first-order chi connectivity index (χ1) is 9.34. The minimum Gasteiger partial charge on any atom is -0.311 e. The van der Waals surface area contributed by atoms with Crippen LogP contribution in [0.1, 0.15) is 33.4 Å². The number of aromatic nitrogens is 3. The van der Waals surface area contributed by atoms with Crippen molar-refractivity contribution in [3.63, 3.8) is 0 Å². The molecule has 2 heterocycles. The van der Waals surface area contributed by atoms with E-state index in [-0.39, 0.29) is 0 Å². The van der Waals surface area contributed by atoms with E-state index in [0.717, 1.165) is 29.3 Å². The van der Waals surface area contributed by atoms with E-state index in [4.69, 9.17) is 0 Å². The summed E-state index contributed by atoms with van der Waals surface area (Å²) >= 11 is 3.40. The third kappa shape index (κ3) is 2.07. The summed E-state index contributed by atoms with van der Waals surface area (Å²) in [5.74, 6) is 0.739. The highest BCUT2D eigenvalue weighted by Crippen LogP contribution is 2.67. The first-order valence-corrected chi connectivity index (χ1v) is 7.81. The van der Waals surface area contributed by atoms with Crippen LogP contribution in [0.5, 0.6) is 0 Å². The van der Waals surface area contributed by atoms with Crippen molar-refractivity contribution in [3.8, 4) is 0 Å². The van der Waals surface area contributed by atoms with Crippen LogP contribution in [0.2, 0.25) is 0 Å². The Hall–Kier alpha value is -0.940. The van der Waals surface area contributed by atoms with Gasteiger partial charge in [0.2, 0.25) is 0 Å². The van der Waals surface area contributed by atoms with Crippen molar-refractivity contribution in [2.45, 2.75) is 34.2 Å². The molecule has 1 aliphatic rings. The van der Waals surface area contributed by atoms with E-state index in [1.807, 2.05) is 12.4 Å². The average Bonchev–Trinajstić information content (AvgIpc) is 2.69. The van der Waals surface area contributed by atoms with Crippen LogP contribution in [0, 0.1) is 16.7 Å². The van der Waals surface area contributed by atoms with Crippen LogP contribution in [0.4, 0.5) is 0 Å². The number of nitrogens with one attached hydrogen (secondary N) is 1. The van der Waals surface area contributed by atoms with Crippen molar-refractivity contribution in [1.82, 2.24) is 19.7 Å². The van der Waals surface area contributed by atoms with Gasteiger partial charge in [-0.1, -0.05) is 27.7 Å². The fourth-order valence-electron chi connectivity index (χ4n) is 3.23. The number of hydrogen-bond donors (Lipinski definition) is 1. The molecule has 0 aromatic carbocycles. The molecule has 0 saturated heterocycles. The summed E-state index contributed by atoms with van der Waals surface area (Å²) in [5, 5.41) is 3.58. The van der Waals surface area contributed by atoms with Gasteiger partial charge in [-0.25, -0.2) is 9.97 Å². The maximum Gasteiger partial charge on any atom is 0.155 e. The van der Waals surface area contributed by atoms with Crippen molar-refractivity contribution in [3.05, 3.63) is 28.9 Å². The molecule has 0 aliphatic heterocycles. The Kier molecular flexibility index (Phi) is 3.18. The molecule has 20 heavy (non-hydrogen) atoms. The van der Waals surface area contributed by atoms with E-state index < -0.39 is 0 Å². The van der Waals surface area contributed by atoms with Gasteiger partial charge >= 0.3 is 0 Å². The molecule has 1 fully saturated rings. The van der Waals surface area contributed by atoms with Gasteiger partial charge in [-0.3, -0.25) is 4.40 Å². The zero-order valence-corrected chi connectivity index (χ0v) is 14.0. The molecule has 108 valence electrons. The van der Waals surface area contributed by atoms with E-state index in [1.54, 1.807) is 6.20 Å². The zero-order valence-electron chi connectivity index (χ0n) is 12.4. The van der Waals surface area contributed by atoms with E-state index >= 15 is 0 Å². The maximum absolute atomic E-state index is 4.37. The van der Waals surface area contributed by atoms with Crippen LogP contribution in [0.25, 0.3) is 5.65 Å². The van der Waals surface area contributed by atoms with Crippen LogP contribution in [0.3, 0.4) is 0 Å². The Morgan fingerprint density at radius 1 is 1.20 bits per heavy atom. The Bertz CT molecular complexity index is 630. The molecule has 0 unspecified atom stereocenters. The summed E-state index contributed by atoms with van der Waals surface area (Å²) in [4.78, 5) is 8.56. The second-order valence-corrected chi connectivity index (χ2v) is 7.63. The molecule has 0 radical (unpaired) electrons. The third-order valence-electron chi connectivity index (χ3n) is 5.42. The average molecular weight is 337 g/mol. The highest BCUT2D eigenvalue weighted by molar-refractivity contribution is 9.10. The molecular formula is C15H21BrN4. The van der Waals surface area contributed by atoms with E-state index in [0.29, 0.717) is 10.8 Å². The summed E-state index contributed by atoms with van der Waals surface area (Å²) in [6.07, 6.45) is 5.66. The smallest absolute Gasteiger partial charge is 0.155 e. The molecule has 3 rings (SSSR count). The largest absolute Gasteiger partial charge is 0.311 e. The van der Waals surface area contributed by atoms with Crippen LogP contribution < -0.4 is 5.32 Å². The Morgan fingerprint density at radius 2 is 1.90 bits per heavy atom. The second-order valence-electron chi connectivity index (χ2n) is 6.81. The van der Waals surface area contributed by atoms with Gasteiger partial charge in [0.15, 0.2) is 5.65 Å². The fourth-order valence-corrected chi connectivity index (χ4v) is 3.54. The van der Waals surface area contributed by atoms with Gasteiger partial charge in [-0.15, -0.1) is 0 Å². The summed E-state index contributed by atoms with van der Waals surface area (Å²) in [6, 6.07) is 0. The molecule has 1 saturated carbocycles. The van der Waals surface area contributed by atoms with Gasteiger partial charge in [0.1, 0.15) is 4.60 Å². The topological polar surface area (TPSA) is 42.2 Å². The van der Waals surface area contributed by atoms with E-state index in [1.165, 1.54) is 5.69 Å². The minimum atomic E-state index is 0.437. The van der Waals surface area contributed by atoms with Gasteiger partial charge in [-0.05, 0) is 39.2 Å². The number of hydrogen-bond acceptors (Lipinski definition) is 3. The van der Waals surface area contributed by atoms with Crippen molar-refractivity contribution in [2.75, 3.05) is 6.54 Å². The van der Waals surface area contributed by atoms with Crippen LogP contribution in [-0.2, 0) is 6.54 Å². The summed E-state index contributed by atoms with van der Waals surface area (Å²) in [5.41, 5.74) is 2.93. The van der Waals surface area contributed by atoms with E-state index in [9.17, 15) is 0 Å². The maximum atomic E-state index is 4.37. The number of rotatable bonds is 4. The first-order valence-electron chi connectivity index (χ1n) is 7.02. The van der Waals surface area contributed by atoms with Gasteiger partial charge < -0.3 is 5.32 Å². The highest BCUT2D eigenvalue weighted by Gasteiger charge is 2.63. The molecule has 1 aliphatic carbocycles. The number of fused-ring (bicyclic) bond motifs is 1. The minimum absolute atomic E-state index is 0.437. The van der Waals surface area contributed by atoms with Crippen LogP contribution >= 0.6 is 15.9 Å². The molecule has 0 spiro atoms. The van der Waals surface area contributed by atoms with Gasteiger partial charge in [0.05, 0.1) is 18.1 Å². The fraction of sp³-hybridized carbons (Fsp3) is 0.600. The number of halogens is 1. The lowest BCUT2D eigenvalue weighted by molar-refractivity contribution is 0.457. The summed E-state index contributed by atoms with van der Waals surface area (Å²) < 4.78 is 2.90. The van der Waals surface area contributed by atoms with E-state index in [2.05, 4.69) is 63.3 Å². The molecule has 2 aromatic rings. The lowest BCUT2D eigenvalue weighted by Gasteiger charge is -2.06. The molecule has 4 nitrogen and oxygen atoms in total. The Labute approximate surface area is 128 Å². The molecule has 1 N–H and O–H groups in total. The van der Waals surface area contributed by atoms with Crippen LogP contribution in [0.15, 0.2) is 23.2 Å². The molecule has 0 amide bonds. The lowest BCUT2D eigenvalue weighted by Crippen LogP contribution is -2.19. The number of imidazole rings is 1. The summed E-state index contributed by atoms with van der Waals surface area (Å²) in [7, 11) is 0. The van der Waals surface area contributed by atoms with Crippen LogP contribution in [-0.4, -0.2) is 20.9 Å². The molecule has 5 heteroatoms. The van der Waals surface area contributed by atoms with Crippen molar-refractivity contribution in [2.24, 2.45) is 16.7 Å². The lowest BCUT2D eigenvalue weighted by atomic mass is 10.0. The molecular weight excluding hydrogens is 316 g/mol. The van der Waals surface area contributed by atoms with Crippen molar-refractivity contribution < 1.29 is 0 Å². The monoisotopic (exact) mass is 336 g/mol. The standard InChI is InChI=1S/C15H21BrN4/c1-14(2)11(15(14,3)4)7-17-5-10-6-19-13-8-18-12(16)9-20(10)13/h6,8-9,11,17H,5,7H2,1-4H3. The zero-order chi connectivity index (χ0) is 14.5. The normalized spacial score (nSPS) is 20.4. The van der Waals surface area contributed by atoms with Crippen molar-refractivity contribution in [1.29, 1.82) is 0 Å². The number of nitrogens with zero attached hydrogens (tertiary/aromatic N) is 3. The predicted octanol–water partition coefficient (Wildman–Crippen LogP) is 3.26. The van der Waals surface area contributed by atoms with Gasteiger partial charge in [-0.2, -0.15) is 0 Å². The molecule has 0 bridgehead atoms. The molecule has 2 aromatic heterocycles. The predicted molar refractivity (Wildman–Crippen MR) is 83.4 cm³/mol. The first kappa shape index (κ1) is 14.0. The second kappa shape index (κ2) is 4.53.